The number of esters is 1. The van der Waals surface area contributed by atoms with Gasteiger partial charge in [0.15, 0.2) is 0 Å². The van der Waals surface area contributed by atoms with Gasteiger partial charge in [0, 0.05) is 31.9 Å². The van der Waals surface area contributed by atoms with Gasteiger partial charge in [-0.25, -0.2) is 13.2 Å². The zero-order valence-electron chi connectivity index (χ0n) is 15.4. The maximum absolute atomic E-state index is 13.0. The minimum absolute atomic E-state index is 0.0353. The fraction of sp³-hybridized carbons (Fsp3) is 0.444. The van der Waals surface area contributed by atoms with E-state index in [-0.39, 0.29) is 9.77 Å². The quantitative estimate of drug-likeness (QED) is 0.704. The second kappa shape index (κ2) is 8.47. The molecule has 3 heterocycles. The van der Waals surface area contributed by atoms with E-state index in [2.05, 4.69) is 9.88 Å². The molecule has 1 aliphatic rings. The van der Waals surface area contributed by atoms with Gasteiger partial charge in [0.25, 0.3) is 0 Å². The van der Waals surface area contributed by atoms with Crippen LogP contribution in [0.2, 0.25) is 0 Å². The fourth-order valence-corrected chi connectivity index (χ4v) is 5.92. The maximum atomic E-state index is 13.0. The van der Waals surface area contributed by atoms with Gasteiger partial charge >= 0.3 is 5.97 Å². The Kier molecular flexibility index (Phi) is 6.25. The molecule has 0 spiro atoms. The largest absolute Gasteiger partial charge is 0.465 e. The van der Waals surface area contributed by atoms with Crippen molar-refractivity contribution < 1.29 is 17.9 Å². The number of hydrogen-bond donors (Lipinski definition) is 0. The second-order valence-corrected chi connectivity index (χ2v) is 9.23. The molecule has 0 saturated carbocycles. The molecular weight excluding hydrogens is 386 g/mol. The highest BCUT2D eigenvalue weighted by Crippen LogP contribution is 2.26. The number of pyridine rings is 1. The Morgan fingerprint density at radius 2 is 2.04 bits per heavy atom. The molecule has 2 aromatic heterocycles. The summed E-state index contributed by atoms with van der Waals surface area (Å²) in [5, 5.41) is 1.60. The third kappa shape index (κ3) is 4.55. The van der Waals surface area contributed by atoms with E-state index in [1.807, 2.05) is 25.1 Å². The van der Waals surface area contributed by atoms with Gasteiger partial charge in [-0.15, -0.1) is 11.3 Å². The van der Waals surface area contributed by atoms with E-state index in [4.69, 9.17) is 4.74 Å². The highest BCUT2D eigenvalue weighted by molar-refractivity contribution is 7.89. The molecule has 7 nitrogen and oxygen atoms in total. The molecule has 27 heavy (non-hydrogen) atoms. The van der Waals surface area contributed by atoms with Gasteiger partial charge in [-0.05, 0) is 43.5 Å². The van der Waals surface area contributed by atoms with Crippen molar-refractivity contribution in [2.24, 2.45) is 0 Å². The van der Waals surface area contributed by atoms with Crippen molar-refractivity contribution in [2.45, 2.75) is 24.8 Å². The molecule has 1 saturated heterocycles. The average Bonchev–Trinajstić information content (AvgIpc) is 3.02. The highest BCUT2D eigenvalue weighted by atomic mass is 32.2. The number of thiophene rings is 1. The third-order valence-corrected chi connectivity index (χ3v) is 7.46. The first-order valence-corrected chi connectivity index (χ1v) is 11.0. The summed E-state index contributed by atoms with van der Waals surface area (Å²) in [5.41, 5.74) is 1.96. The predicted molar refractivity (Wildman–Crippen MR) is 103 cm³/mol. The van der Waals surface area contributed by atoms with Crippen molar-refractivity contribution in [1.82, 2.24) is 14.2 Å². The normalized spacial score (nSPS) is 16.8. The highest BCUT2D eigenvalue weighted by Gasteiger charge is 2.31. The summed E-state index contributed by atoms with van der Waals surface area (Å²) in [4.78, 5) is 18.8. The SMILES string of the molecule is COC(=O)c1sccc1S(=O)(=O)N1CCCN(Cc2cccc(C)n2)CC1. The number of aromatic nitrogens is 1. The van der Waals surface area contributed by atoms with Crippen molar-refractivity contribution in [1.29, 1.82) is 0 Å². The summed E-state index contributed by atoms with van der Waals surface area (Å²) >= 11 is 1.08. The predicted octanol–water partition coefficient (Wildman–Crippen LogP) is 2.13. The van der Waals surface area contributed by atoms with Crippen LogP contribution in [0.3, 0.4) is 0 Å². The number of carbonyl (C=O) groups is 1. The van der Waals surface area contributed by atoms with Crippen molar-refractivity contribution in [3.63, 3.8) is 0 Å². The van der Waals surface area contributed by atoms with E-state index in [9.17, 15) is 13.2 Å². The lowest BCUT2D eigenvalue weighted by Gasteiger charge is -2.21. The molecule has 1 fully saturated rings. The summed E-state index contributed by atoms with van der Waals surface area (Å²) in [5.74, 6) is -0.620. The molecule has 146 valence electrons. The molecule has 0 aromatic carbocycles. The van der Waals surface area contributed by atoms with E-state index in [1.165, 1.54) is 17.5 Å². The van der Waals surface area contributed by atoms with Gasteiger partial charge in [0.2, 0.25) is 10.0 Å². The van der Waals surface area contributed by atoms with Crippen LogP contribution in [0, 0.1) is 6.92 Å². The Morgan fingerprint density at radius 1 is 1.22 bits per heavy atom. The van der Waals surface area contributed by atoms with E-state index >= 15 is 0 Å². The fourth-order valence-electron chi connectivity index (χ4n) is 3.14. The summed E-state index contributed by atoms with van der Waals surface area (Å²) in [7, 11) is -2.48. The van der Waals surface area contributed by atoms with Gasteiger partial charge < -0.3 is 4.74 Å². The van der Waals surface area contributed by atoms with Crippen molar-refractivity contribution >= 4 is 27.3 Å². The molecule has 0 amide bonds. The molecule has 0 radical (unpaired) electrons. The van der Waals surface area contributed by atoms with Crippen molar-refractivity contribution in [3.8, 4) is 0 Å². The number of ether oxygens (including phenoxy) is 1. The number of methoxy groups -OCH3 is 1. The molecule has 9 heteroatoms. The van der Waals surface area contributed by atoms with Crippen LogP contribution in [0.25, 0.3) is 0 Å². The molecule has 1 aliphatic heterocycles. The number of rotatable bonds is 5. The van der Waals surface area contributed by atoms with E-state index in [1.54, 1.807) is 5.38 Å². The van der Waals surface area contributed by atoms with Crippen LogP contribution in [0.15, 0.2) is 34.5 Å². The maximum Gasteiger partial charge on any atom is 0.349 e. The molecule has 0 unspecified atom stereocenters. The topological polar surface area (TPSA) is 79.8 Å². The summed E-state index contributed by atoms with van der Waals surface area (Å²) in [6.07, 6.45) is 0.725. The van der Waals surface area contributed by atoms with Crippen LogP contribution < -0.4 is 0 Å². The lowest BCUT2D eigenvalue weighted by Crippen LogP contribution is -2.35. The first kappa shape index (κ1) is 19.9. The first-order valence-electron chi connectivity index (χ1n) is 8.72. The first-order chi connectivity index (χ1) is 12.9. The van der Waals surface area contributed by atoms with Crippen LogP contribution in [0.4, 0.5) is 0 Å². The van der Waals surface area contributed by atoms with Gasteiger partial charge in [-0.3, -0.25) is 9.88 Å². The third-order valence-electron chi connectivity index (χ3n) is 4.50. The molecule has 0 N–H and O–H groups in total. The second-order valence-electron chi connectivity index (χ2n) is 6.41. The van der Waals surface area contributed by atoms with E-state index in [0.717, 1.165) is 35.7 Å². The van der Waals surface area contributed by atoms with Gasteiger partial charge in [-0.1, -0.05) is 6.07 Å². The molecule has 2 aromatic rings. The number of hydrogen-bond acceptors (Lipinski definition) is 7. The number of nitrogens with zero attached hydrogens (tertiary/aromatic N) is 3. The lowest BCUT2D eigenvalue weighted by molar-refractivity contribution is 0.0602. The van der Waals surface area contributed by atoms with Crippen molar-refractivity contribution in [3.05, 3.63) is 45.9 Å². The minimum atomic E-state index is -3.73. The van der Waals surface area contributed by atoms with Crippen LogP contribution in [0.5, 0.6) is 0 Å². The number of carbonyl (C=O) groups excluding carboxylic acids is 1. The van der Waals surface area contributed by atoms with E-state index in [0.29, 0.717) is 26.2 Å². The summed E-state index contributed by atoms with van der Waals surface area (Å²) in [6.45, 7) is 4.88. The van der Waals surface area contributed by atoms with Crippen LogP contribution in [-0.2, 0) is 21.3 Å². The van der Waals surface area contributed by atoms with Gasteiger partial charge in [-0.2, -0.15) is 4.31 Å². The standard InChI is InChI=1S/C18H23N3O4S2/c1-14-5-3-6-15(19-14)13-20-8-4-9-21(11-10-20)27(23,24)16-7-12-26-17(16)18(22)25-2/h3,5-7,12H,4,8-11,13H2,1-2H3. The molecule has 0 atom stereocenters. The monoisotopic (exact) mass is 409 g/mol. The molecular formula is C18H23N3O4S2. The molecule has 0 aliphatic carbocycles. The Hall–Kier alpha value is -1.81. The van der Waals surface area contributed by atoms with E-state index < -0.39 is 16.0 Å². The number of sulfonamides is 1. The smallest absolute Gasteiger partial charge is 0.349 e. The van der Waals surface area contributed by atoms with Crippen molar-refractivity contribution in [2.75, 3.05) is 33.3 Å². The lowest BCUT2D eigenvalue weighted by atomic mass is 10.3. The van der Waals surface area contributed by atoms with Gasteiger partial charge in [0.05, 0.1) is 12.8 Å². The molecule has 3 rings (SSSR count). The Morgan fingerprint density at radius 3 is 2.78 bits per heavy atom. The summed E-state index contributed by atoms with van der Waals surface area (Å²) in [6, 6.07) is 7.41. The van der Waals surface area contributed by atoms with Gasteiger partial charge in [0.1, 0.15) is 9.77 Å². The minimum Gasteiger partial charge on any atom is -0.465 e. The Labute approximate surface area is 163 Å². The number of aryl methyl sites for hydroxylation is 1. The zero-order chi connectivity index (χ0) is 19.4. The summed E-state index contributed by atoms with van der Waals surface area (Å²) < 4.78 is 32.3. The van der Waals surface area contributed by atoms with Crippen LogP contribution >= 0.6 is 11.3 Å². The van der Waals surface area contributed by atoms with Crippen LogP contribution in [0.1, 0.15) is 27.5 Å². The Bertz CT molecular complexity index is 911. The zero-order valence-corrected chi connectivity index (χ0v) is 17.1. The average molecular weight is 410 g/mol. The van der Waals surface area contributed by atoms with Crippen LogP contribution in [-0.4, -0.2) is 61.9 Å². The molecule has 0 bridgehead atoms. The Balaban J connectivity index is 1.72.